The number of nitro groups is 1. The van der Waals surface area contributed by atoms with E-state index in [0.717, 1.165) is 22.7 Å². The van der Waals surface area contributed by atoms with Gasteiger partial charge in [-0.25, -0.2) is 9.97 Å². The van der Waals surface area contributed by atoms with Gasteiger partial charge in [-0.3, -0.25) is 10.1 Å². The summed E-state index contributed by atoms with van der Waals surface area (Å²) >= 11 is 0. The predicted octanol–water partition coefficient (Wildman–Crippen LogP) is 2.49. The van der Waals surface area contributed by atoms with Crippen LogP contribution in [0.25, 0.3) is 11.2 Å². The molecule has 106 valence electrons. The second-order valence-corrected chi connectivity index (χ2v) is 4.59. The summed E-state index contributed by atoms with van der Waals surface area (Å²) in [5.41, 5.74) is 2.56. The van der Waals surface area contributed by atoms with Crippen molar-refractivity contribution in [1.29, 1.82) is 0 Å². The average Bonchev–Trinajstić information content (AvgIpc) is 2.82. The van der Waals surface area contributed by atoms with Crippen molar-refractivity contribution in [3.8, 4) is 0 Å². The van der Waals surface area contributed by atoms with Crippen LogP contribution in [-0.4, -0.2) is 19.5 Å². The largest absolute Gasteiger partial charge is 0.378 e. The molecule has 2 aromatic heterocycles. The molecule has 1 aromatic carbocycles. The van der Waals surface area contributed by atoms with Crippen LogP contribution < -0.4 is 5.32 Å². The third-order valence-electron chi connectivity index (χ3n) is 3.25. The molecule has 2 heterocycles. The van der Waals surface area contributed by atoms with Gasteiger partial charge in [0.15, 0.2) is 5.65 Å². The molecule has 0 unspecified atom stereocenters. The molecule has 0 bridgehead atoms. The van der Waals surface area contributed by atoms with Crippen molar-refractivity contribution < 1.29 is 4.92 Å². The monoisotopic (exact) mass is 283 g/mol. The van der Waals surface area contributed by atoms with Gasteiger partial charge in [0.1, 0.15) is 11.3 Å². The van der Waals surface area contributed by atoms with E-state index in [9.17, 15) is 10.1 Å². The van der Waals surface area contributed by atoms with Crippen LogP contribution in [0.5, 0.6) is 0 Å². The number of rotatable bonds is 4. The molecule has 0 atom stereocenters. The van der Waals surface area contributed by atoms with E-state index in [1.165, 1.54) is 12.1 Å². The Labute approximate surface area is 120 Å². The maximum absolute atomic E-state index is 10.6. The summed E-state index contributed by atoms with van der Waals surface area (Å²) in [5.74, 6) is 0.849. The molecule has 0 saturated heterocycles. The van der Waals surface area contributed by atoms with E-state index in [-0.39, 0.29) is 5.69 Å². The first-order valence-corrected chi connectivity index (χ1v) is 6.40. The van der Waals surface area contributed by atoms with Gasteiger partial charge in [-0.05, 0) is 24.3 Å². The number of fused-ring (bicyclic) bond motifs is 1. The smallest absolute Gasteiger partial charge is 0.269 e. The lowest BCUT2D eigenvalue weighted by Crippen LogP contribution is -2.06. The van der Waals surface area contributed by atoms with E-state index in [4.69, 9.17) is 0 Å². The number of nitrogens with one attached hydrogen (secondary N) is 1. The zero-order valence-electron chi connectivity index (χ0n) is 11.4. The fourth-order valence-electron chi connectivity index (χ4n) is 2.11. The number of imidazole rings is 1. The van der Waals surface area contributed by atoms with E-state index in [1.807, 2.05) is 23.7 Å². The highest BCUT2D eigenvalue weighted by Crippen LogP contribution is 2.17. The molecule has 3 aromatic rings. The summed E-state index contributed by atoms with van der Waals surface area (Å²) in [4.78, 5) is 19.0. The Bertz CT molecular complexity index is 795. The lowest BCUT2D eigenvalue weighted by Gasteiger charge is -2.06. The van der Waals surface area contributed by atoms with Gasteiger partial charge in [0.25, 0.3) is 5.69 Å². The molecule has 7 heteroatoms. The number of pyridine rings is 1. The van der Waals surface area contributed by atoms with Crippen LogP contribution in [0.2, 0.25) is 0 Å². The van der Waals surface area contributed by atoms with Gasteiger partial charge in [-0.15, -0.1) is 0 Å². The van der Waals surface area contributed by atoms with E-state index < -0.39 is 4.92 Å². The van der Waals surface area contributed by atoms with Gasteiger partial charge < -0.3 is 9.88 Å². The van der Waals surface area contributed by atoms with Gasteiger partial charge in [-0.2, -0.15) is 0 Å². The second-order valence-electron chi connectivity index (χ2n) is 4.59. The minimum absolute atomic E-state index is 0.0764. The molecule has 1 N–H and O–H groups in total. The highest BCUT2D eigenvalue weighted by atomic mass is 16.6. The fraction of sp³-hybridized carbons (Fsp3) is 0.143. The molecule has 0 amide bonds. The van der Waals surface area contributed by atoms with Crippen LogP contribution in [0.3, 0.4) is 0 Å². The topological polar surface area (TPSA) is 85.9 Å². The van der Waals surface area contributed by atoms with E-state index in [1.54, 1.807) is 18.3 Å². The summed E-state index contributed by atoms with van der Waals surface area (Å²) in [6.07, 6.45) is 1.73. The van der Waals surface area contributed by atoms with Gasteiger partial charge in [0.2, 0.25) is 0 Å². The molecule has 21 heavy (non-hydrogen) atoms. The van der Waals surface area contributed by atoms with Crippen molar-refractivity contribution >= 4 is 22.5 Å². The van der Waals surface area contributed by atoms with E-state index >= 15 is 0 Å². The predicted molar refractivity (Wildman–Crippen MR) is 78.9 cm³/mol. The molecule has 0 fully saturated rings. The molecule has 0 spiro atoms. The number of hydrogen-bond acceptors (Lipinski definition) is 5. The van der Waals surface area contributed by atoms with Crippen molar-refractivity contribution in [1.82, 2.24) is 14.5 Å². The molecular weight excluding hydrogens is 270 g/mol. The Hall–Kier alpha value is -2.96. The minimum Gasteiger partial charge on any atom is -0.378 e. The Morgan fingerprint density at radius 2 is 2.05 bits per heavy atom. The Balaban J connectivity index is 1.77. The number of aromatic nitrogens is 3. The summed E-state index contributed by atoms with van der Waals surface area (Å²) in [6.45, 7) is 0.519. The number of benzene rings is 1. The first kappa shape index (κ1) is 13.0. The van der Waals surface area contributed by atoms with E-state index in [0.29, 0.717) is 6.54 Å². The molecule has 0 aliphatic carbocycles. The molecule has 0 radical (unpaired) electrons. The third kappa shape index (κ3) is 2.53. The maximum atomic E-state index is 10.6. The highest BCUT2D eigenvalue weighted by Gasteiger charge is 2.08. The van der Waals surface area contributed by atoms with Crippen molar-refractivity contribution in [2.45, 2.75) is 6.54 Å². The number of anilines is 1. The van der Waals surface area contributed by atoms with Crippen molar-refractivity contribution in [3.63, 3.8) is 0 Å². The van der Waals surface area contributed by atoms with Crippen LogP contribution in [0.15, 0.2) is 42.6 Å². The maximum Gasteiger partial charge on any atom is 0.269 e. The Morgan fingerprint density at radius 1 is 1.29 bits per heavy atom. The highest BCUT2D eigenvalue weighted by molar-refractivity contribution is 5.71. The zero-order chi connectivity index (χ0) is 14.8. The SMILES string of the molecule is Cn1c(CNc2ccc([N+](=O)[O-])cc2)nc2cccnc21. The number of nitro benzene ring substituents is 1. The molecule has 0 saturated carbocycles. The molecule has 0 aliphatic heterocycles. The Kier molecular flexibility index (Phi) is 3.23. The summed E-state index contributed by atoms with van der Waals surface area (Å²) in [7, 11) is 1.91. The first-order chi connectivity index (χ1) is 10.1. The van der Waals surface area contributed by atoms with Crippen LogP contribution >= 0.6 is 0 Å². The molecule has 7 nitrogen and oxygen atoms in total. The number of hydrogen-bond donors (Lipinski definition) is 1. The molecule has 0 aliphatic rings. The molecule has 3 rings (SSSR count). The van der Waals surface area contributed by atoms with Crippen LogP contribution in [0, 0.1) is 10.1 Å². The lowest BCUT2D eigenvalue weighted by atomic mass is 10.3. The number of aryl methyl sites for hydroxylation is 1. The fourth-order valence-corrected chi connectivity index (χ4v) is 2.11. The quantitative estimate of drug-likeness (QED) is 0.587. The second kappa shape index (κ2) is 5.20. The summed E-state index contributed by atoms with van der Waals surface area (Å²) < 4.78 is 1.92. The van der Waals surface area contributed by atoms with Gasteiger partial charge >= 0.3 is 0 Å². The van der Waals surface area contributed by atoms with Crippen molar-refractivity contribution in [2.75, 3.05) is 5.32 Å². The van der Waals surface area contributed by atoms with Crippen LogP contribution in [0.4, 0.5) is 11.4 Å². The summed E-state index contributed by atoms with van der Waals surface area (Å²) in [6, 6.07) is 10.1. The summed E-state index contributed by atoms with van der Waals surface area (Å²) in [5, 5.41) is 13.8. The van der Waals surface area contributed by atoms with Crippen molar-refractivity contribution in [2.24, 2.45) is 7.05 Å². The van der Waals surface area contributed by atoms with Gasteiger partial charge in [0, 0.05) is 31.1 Å². The standard InChI is InChI=1S/C14H13N5O2/c1-18-13(17-12-3-2-8-15-14(12)18)9-16-10-4-6-11(7-5-10)19(20)21/h2-8,16H,9H2,1H3. The zero-order valence-corrected chi connectivity index (χ0v) is 11.4. The van der Waals surface area contributed by atoms with Gasteiger partial charge in [0.05, 0.1) is 11.5 Å². The van der Waals surface area contributed by atoms with Gasteiger partial charge in [-0.1, -0.05) is 0 Å². The lowest BCUT2D eigenvalue weighted by molar-refractivity contribution is -0.384. The molecular formula is C14H13N5O2. The number of non-ortho nitro benzene ring substituents is 1. The number of nitrogens with zero attached hydrogens (tertiary/aromatic N) is 4. The normalized spacial score (nSPS) is 10.7. The van der Waals surface area contributed by atoms with E-state index in [2.05, 4.69) is 15.3 Å². The van der Waals surface area contributed by atoms with Crippen LogP contribution in [0.1, 0.15) is 5.82 Å². The van der Waals surface area contributed by atoms with Crippen molar-refractivity contribution in [3.05, 3.63) is 58.5 Å². The minimum atomic E-state index is -0.416. The average molecular weight is 283 g/mol. The van der Waals surface area contributed by atoms with Crippen LogP contribution in [-0.2, 0) is 13.6 Å². The third-order valence-corrected chi connectivity index (χ3v) is 3.25. The first-order valence-electron chi connectivity index (χ1n) is 6.40. The Morgan fingerprint density at radius 3 is 2.71 bits per heavy atom.